The van der Waals surface area contributed by atoms with Gasteiger partial charge in [-0.05, 0) is 62.1 Å². The Bertz CT molecular complexity index is 1120. The third-order valence-electron chi connectivity index (χ3n) is 5.69. The molecule has 0 N–H and O–H groups in total. The summed E-state index contributed by atoms with van der Waals surface area (Å²) >= 11 is 1.06. The Hall–Kier alpha value is -3.08. The number of hydrogen-bond acceptors (Lipinski definition) is 6. The number of ether oxygens (including phenoxy) is 1. The van der Waals surface area contributed by atoms with Crippen LogP contribution >= 0.6 is 11.8 Å². The van der Waals surface area contributed by atoms with Crippen molar-refractivity contribution >= 4 is 17.7 Å². The van der Waals surface area contributed by atoms with Crippen LogP contribution in [0.15, 0.2) is 53.9 Å². The molecule has 1 unspecified atom stereocenters. The minimum atomic E-state index is -4.46. The van der Waals surface area contributed by atoms with Gasteiger partial charge in [0.25, 0.3) is 0 Å². The Morgan fingerprint density at radius 2 is 1.85 bits per heavy atom. The van der Waals surface area contributed by atoms with E-state index < -0.39 is 24.7 Å². The van der Waals surface area contributed by atoms with Gasteiger partial charge in [0.15, 0.2) is 11.0 Å². The minimum absolute atomic E-state index is 0.123. The SMILES string of the molecule is COc1ccc(-n2c(SCC(=O)N(CC(F)(F)F)C(C)C3CC3)nnc2-c2ccncc2)cc1. The number of carbonyl (C=O) groups is 1. The molecule has 1 amide bonds. The van der Waals surface area contributed by atoms with Crippen LogP contribution in [0.1, 0.15) is 19.8 Å². The summed E-state index contributed by atoms with van der Waals surface area (Å²) in [6.07, 6.45) is 0.495. The summed E-state index contributed by atoms with van der Waals surface area (Å²) in [5.74, 6) is 0.566. The largest absolute Gasteiger partial charge is 0.497 e. The van der Waals surface area contributed by atoms with Gasteiger partial charge >= 0.3 is 6.18 Å². The molecule has 0 spiro atoms. The Balaban J connectivity index is 1.60. The Labute approximate surface area is 199 Å². The lowest BCUT2D eigenvalue weighted by molar-refractivity contribution is -0.164. The van der Waals surface area contributed by atoms with E-state index in [9.17, 15) is 18.0 Å². The van der Waals surface area contributed by atoms with Crippen molar-refractivity contribution in [2.75, 3.05) is 19.4 Å². The van der Waals surface area contributed by atoms with Crippen LogP contribution in [0.4, 0.5) is 13.2 Å². The van der Waals surface area contributed by atoms with E-state index >= 15 is 0 Å². The fourth-order valence-electron chi connectivity index (χ4n) is 3.71. The zero-order valence-corrected chi connectivity index (χ0v) is 19.5. The van der Waals surface area contributed by atoms with E-state index in [0.29, 0.717) is 16.7 Å². The number of rotatable bonds is 9. The second-order valence-corrected chi connectivity index (χ2v) is 9.02. The van der Waals surface area contributed by atoms with E-state index in [1.54, 1.807) is 55.3 Å². The highest BCUT2D eigenvalue weighted by Gasteiger charge is 2.40. The van der Waals surface area contributed by atoms with Gasteiger partial charge in [-0.15, -0.1) is 10.2 Å². The van der Waals surface area contributed by atoms with Crippen LogP contribution in [-0.2, 0) is 4.79 Å². The number of halogens is 3. The molecule has 1 aliphatic carbocycles. The number of aromatic nitrogens is 4. The quantitative estimate of drug-likeness (QED) is 0.407. The van der Waals surface area contributed by atoms with Crippen LogP contribution in [0, 0.1) is 5.92 Å². The van der Waals surface area contributed by atoms with Gasteiger partial charge in [-0.3, -0.25) is 14.3 Å². The van der Waals surface area contributed by atoms with Gasteiger partial charge in [0, 0.05) is 29.7 Å². The predicted octanol–water partition coefficient (Wildman–Crippen LogP) is 4.62. The number of alkyl halides is 3. The summed E-state index contributed by atoms with van der Waals surface area (Å²) < 4.78 is 46.5. The molecule has 7 nitrogen and oxygen atoms in total. The Morgan fingerprint density at radius 3 is 2.44 bits per heavy atom. The predicted molar refractivity (Wildman–Crippen MR) is 122 cm³/mol. The van der Waals surface area contributed by atoms with Crippen molar-refractivity contribution in [2.24, 2.45) is 5.92 Å². The monoisotopic (exact) mass is 491 g/mol. The van der Waals surface area contributed by atoms with Crippen LogP contribution in [-0.4, -0.2) is 62.2 Å². The van der Waals surface area contributed by atoms with Crippen LogP contribution in [0.3, 0.4) is 0 Å². The van der Waals surface area contributed by atoms with Crippen LogP contribution in [0.25, 0.3) is 17.1 Å². The molecule has 1 aromatic carbocycles. The molecule has 1 saturated carbocycles. The summed E-state index contributed by atoms with van der Waals surface area (Å²) in [6, 6.07) is 10.3. The lowest BCUT2D eigenvalue weighted by Crippen LogP contribution is -2.46. The Morgan fingerprint density at radius 1 is 1.18 bits per heavy atom. The first-order chi connectivity index (χ1) is 16.3. The van der Waals surface area contributed by atoms with E-state index in [1.807, 2.05) is 12.1 Å². The molecule has 1 fully saturated rings. The number of carbonyl (C=O) groups excluding carboxylic acids is 1. The van der Waals surface area contributed by atoms with Gasteiger partial charge in [0.2, 0.25) is 5.91 Å². The first-order valence-corrected chi connectivity index (χ1v) is 11.7. The first-order valence-electron chi connectivity index (χ1n) is 10.8. The molecule has 0 radical (unpaired) electrons. The summed E-state index contributed by atoms with van der Waals surface area (Å²) in [6.45, 7) is 0.435. The molecule has 180 valence electrons. The summed E-state index contributed by atoms with van der Waals surface area (Å²) in [7, 11) is 1.57. The number of hydrogen-bond donors (Lipinski definition) is 0. The maximum atomic E-state index is 13.2. The third kappa shape index (κ3) is 5.69. The molecule has 0 bridgehead atoms. The summed E-state index contributed by atoms with van der Waals surface area (Å²) in [4.78, 5) is 17.9. The maximum Gasteiger partial charge on any atom is 0.406 e. The van der Waals surface area contributed by atoms with Crippen molar-refractivity contribution in [1.29, 1.82) is 0 Å². The van der Waals surface area contributed by atoms with Crippen LogP contribution in [0.5, 0.6) is 5.75 Å². The number of amides is 1. The molecule has 4 rings (SSSR count). The van der Waals surface area contributed by atoms with Crippen molar-refractivity contribution in [3.63, 3.8) is 0 Å². The first kappa shape index (κ1) is 24.1. The molecular formula is C23H24F3N5O2S. The number of methoxy groups -OCH3 is 1. The average Bonchev–Trinajstić information content (AvgIpc) is 3.60. The average molecular weight is 492 g/mol. The number of benzene rings is 1. The van der Waals surface area contributed by atoms with Gasteiger partial charge in [0.1, 0.15) is 12.3 Å². The maximum absolute atomic E-state index is 13.2. The van der Waals surface area contributed by atoms with Crippen molar-refractivity contribution in [3.05, 3.63) is 48.8 Å². The van der Waals surface area contributed by atoms with Gasteiger partial charge in [-0.2, -0.15) is 13.2 Å². The standard InChI is InChI=1S/C23H24F3N5O2S/c1-15(16-3-4-16)30(14-23(24,25)26)20(32)13-34-22-29-28-21(17-9-11-27-12-10-17)31(22)18-5-7-19(33-2)8-6-18/h5-12,15-16H,3-4,13-14H2,1-2H3. The van der Waals surface area contributed by atoms with Gasteiger partial charge in [-0.25, -0.2) is 0 Å². The number of thioether (sulfide) groups is 1. The second-order valence-electron chi connectivity index (χ2n) is 8.08. The van der Waals surface area contributed by atoms with Crippen LogP contribution < -0.4 is 4.74 Å². The highest BCUT2D eigenvalue weighted by Crippen LogP contribution is 2.37. The molecule has 11 heteroatoms. The molecule has 0 saturated heterocycles. The van der Waals surface area contributed by atoms with E-state index in [4.69, 9.17) is 4.74 Å². The van der Waals surface area contributed by atoms with E-state index in [0.717, 1.165) is 40.8 Å². The summed E-state index contributed by atoms with van der Waals surface area (Å²) in [5, 5.41) is 8.93. The van der Waals surface area contributed by atoms with Gasteiger partial charge < -0.3 is 9.64 Å². The van der Waals surface area contributed by atoms with Crippen molar-refractivity contribution in [1.82, 2.24) is 24.6 Å². The van der Waals surface area contributed by atoms with Crippen LogP contribution in [0.2, 0.25) is 0 Å². The zero-order chi connectivity index (χ0) is 24.3. The van der Waals surface area contributed by atoms with E-state index in [2.05, 4.69) is 15.2 Å². The smallest absolute Gasteiger partial charge is 0.406 e. The van der Waals surface area contributed by atoms with E-state index in [1.165, 1.54) is 0 Å². The number of pyridine rings is 1. The highest BCUT2D eigenvalue weighted by molar-refractivity contribution is 7.99. The summed E-state index contributed by atoms with van der Waals surface area (Å²) in [5.41, 5.74) is 1.49. The van der Waals surface area contributed by atoms with Gasteiger partial charge in [-0.1, -0.05) is 11.8 Å². The molecule has 2 aromatic heterocycles. The zero-order valence-electron chi connectivity index (χ0n) is 18.7. The molecular weight excluding hydrogens is 467 g/mol. The topological polar surface area (TPSA) is 73.1 Å². The van der Waals surface area contributed by atoms with Crippen molar-refractivity contribution in [3.8, 4) is 22.8 Å². The molecule has 34 heavy (non-hydrogen) atoms. The lowest BCUT2D eigenvalue weighted by Gasteiger charge is -2.30. The Kier molecular flexibility index (Phi) is 7.11. The van der Waals surface area contributed by atoms with Crippen molar-refractivity contribution in [2.45, 2.75) is 37.1 Å². The van der Waals surface area contributed by atoms with E-state index in [-0.39, 0.29) is 11.7 Å². The highest BCUT2D eigenvalue weighted by atomic mass is 32.2. The molecule has 1 atom stereocenters. The normalized spacial score (nSPS) is 14.6. The number of nitrogens with zero attached hydrogens (tertiary/aromatic N) is 5. The van der Waals surface area contributed by atoms with Gasteiger partial charge in [0.05, 0.1) is 12.9 Å². The second kappa shape index (κ2) is 10.0. The molecule has 2 heterocycles. The third-order valence-corrected chi connectivity index (χ3v) is 6.61. The molecule has 0 aliphatic heterocycles. The fraction of sp³-hybridized carbons (Fsp3) is 0.391. The minimum Gasteiger partial charge on any atom is -0.497 e. The van der Waals surface area contributed by atoms with Crippen molar-refractivity contribution < 1.29 is 22.7 Å². The molecule has 1 aliphatic rings. The fourth-order valence-corrected chi connectivity index (χ4v) is 4.55. The molecule has 3 aromatic rings. The lowest BCUT2D eigenvalue weighted by atomic mass is 10.2.